The van der Waals surface area contributed by atoms with Crippen LogP contribution in [-0.4, -0.2) is 40.8 Å². The molecule has 2 saturated heterocycles. The molecule has 0 aliphatic carbocycles. The van der Waals surface area contributed by atoms with Gasteiger partial charge in [0.25, 0.3) is 0 Å². The second-order valence-corrected chi connectivity index (χ2v) is 9.98. The lowest BCUT2D eigenvalue weighted by molar-refractivity contribution is 0.0976. The third-order valence-electron chi connectivity index (χ3n) is 6.18. The first-order chi connectivity index (χ1) is 15.0. The Morgan fingerprint density at radius 2 is 2.03 bits per heavy atom. The molecular weight excluding hydrogens is 432 g/mol. The maximum absolute atomic E-state index is 6.64. The first-order valence-electron chi connectivity index (χ1n) is 10.6. The molecule has 0 radical (unpaired) electrons. The average molecular weight is 457 g/mol. The summed E-state index contributed by atoms with van der Waals surface area (Å²) < 4.78 is 11.4. The van der Waals surface area contributed by atoms with E-state index >= 15 is 0 Å². The molecule has 0 amide bonds. The van der Waals surface area contributed by atoms with Crippen LogP contribution in [-0.2, 0) is 4.74 Å². The van der Waals surface area contributed by atoms with Crippen molar-refractivity contribution in [2.75, 3.05) is 24.6 Å². The van der Waals surface area contributed by atoms with Crippen molar-refractivity contribution in [1.82, 2.24) is 15.0 Å². The Bertz CT molecular complexity index is 1060. The SMILES string of the molecule is Cc1coc(-c2cccc(Sc3cnc(N4CCC5(CC4)CO[C@@H](C)C5)cn3)c2Cl)n1. The lowest BCUT2D eigenvalue weighted by Crippen LogP contribution is -2.41. The van der Waals surface area contributed by atoms with Crippen LogP contribution in [0.15, 0.2) is 51.2 Å². The zero-order valence-corrected chi connectivity index (χ0v) is 19.2. The van der Waals surface area contributed by atoms with Gasteiger partial charge in [0.1, 0.15) is 17.1 Å². The van der Waals surface area contributed by atoms with E-state index in [1.54, 1.807) is 6.26 Å². The summed E-state index contributed by atoms with van der Waals surface area (Å²) in [4.78, 5) is 16.9. The third-order valence-corrected chi connectivity index (χ3v) is 7.68. The predicted octanol–water partition coefficient (Wildman–Crippen LogP) is 5.64. The number of ether oxygens (including phenoxy) is 1. The van der Waals surface area contributed by atoms with E-state index in [0.717, 1.165) is 59.5 Å². The van der Waals surface area contributed by atoms with Gasteiger partial charge in [0, 0.05) is 18.0 Å². The van der Waals surface area contributed by atoms with Crippen LogP contribution in [0, 0.1) is 12.3 Å². The van der Waals surface area contributed by atoms with Gasteiger partial charge in [-0.3, -0.25) is 0 Å². The average Bonchev–Trinajstić information content (AvgIpc) is 3.36. The second kappa shape index (κ2) is 8.45. The van der Waals surface area contributed by atoms with Crippen molar-refractivity contribution in [3.63, 3.8) is 0 Å². The van der Waals surface area contributed by atoms with Crippen molar-refractivity contribution >= 4 is 29.2 Å². The second-order valence-electron chi connectivity index (χ2n) is 8.54. The summed E-state index contributed by atoms with van der Waals surface area (Å²) in [5, 5.41) is 1.41. The van der Waals surface area contributed by atoms with Gasteiger partial charge in [0.15, 0.2) is 0 Å². The highest BCUT2D eigenvalue weighted by Gasteiger charge is 2.41. The maximum Gasteiger partial charge on any atom is 0.227 e. The molecular formula is C23H25ClN4O2S. The molecule has 1 aromatic carbocycles. The van der Waals surface area contributed by atoms with Gasteiger partial charge < -0.3 is 14.1 Å². The van der Waals surface area contributed by atoms with Crippen LogP contribution in [0.2, 0.25) is 5.02 Å². The number of aromatic nitrogens is 3. The number of piperidine rings is 1. The van der Waals surface area contributed by atoms with Gasteiger partial charge in [-0.1, -0.05) is 29.4 Å². The fraction of sp³-hybridized carbons (Fsp3) is 0.435. The Labute approximate surface area is 191 Å². The molecule has 3 aromatic rings. The Kier molecular flexibility index (Phi) is 5.67. The van der Waals surface area contributed by atoms with Crippen molar-refractivity contribution in [3.05, 3.63) is 47.6 Å². The fourth-order valence-electron chi connectivity index (χ4n) is 4.48. The topological polar surface area (TPSA) is 64.3 Å². The summed E-state index contributed by atoms with van der Waals surface area (Å²) in [6.45, 7) is 6.97. The third kappa shape index (κ3) is 4.31. The van der Waals surface area contributed by atoms with Crippen LogP contribution in [0.3, 0.4) is 0 Å². The normalized spacial score (nSPS) is 20.5. The molecule has 8 heteroatoms. The molecule has 2 aromatic heterocycles. The number of nitrogens with zero attached hydrogens (tertiary/aromatic N) is 4. The smallest absolute Gasteiger partial charge is 0.227 e. The Morgan fingerprint density at radius 1 is 1.19 bits per heavy atom. The summed E-state index contributed by atoms with van der Waals surface area (Å²) in [7, 11) is 0. The van der Waals surface area contributed by atoms with Crippen LogP contribution in [0.4, 0.5) is 5.82 Å². The van der Waals surface area contributed by atoms with Crippen LogP contribution < -0.4 is 4.90 Å². The molecule has 2 fully saturated rings. The molecule has 1 spiro atoms. The summed E-state index contributed by atoms with van der Waals surface area (Å²) >= 11 is 8.13. The molecule has 5 rings (SSSR count). The number of halogens is 1. The Hall–Kier alpha value is -2.09. The van der Waals surface area contributed by atoms with Gasteiger partial charge in [-0.2, -0.15) is 0 Å². The zero-order chi connectivity index (χ0) is 21.4. The van der Waals surface area contributed by atoms with Gasteiger partial charge in [0.05, 0.1) is 41.4 Å². The molecule has 31 heavy (non-hydrogen) atoms. The summed E-state index contributed by atoms with van der Waals surface area (Å²) in [5.41, 5.74) is 1.96. The number of oxazole rings is 1. The lowest BCUT2D eigenvalue weighted by Gasteiger charge is -2.38. The van der Waals surface area contributed by atoms with Crippen LogP contribution in [0.25, 0.3) is 11.5 Å². The van der Waals surface area contributed by atoms with Gasteiger partial charge in [0.2, 0.25) is 5.89 Å². The van der Waals surface area contributed by atoms with E-state index in [1.165, 1.54) is 18.2 Å². The predicted molar refractivity (Wildman–Crippen MR) is 122 cm³/mol. The van der Waals surface area contributed by atoms with Gasteiger partial charge in [-0.05, 0) is 50.7 Å². The van der Waals surface area contributed by atoms with Crippen LogP contribution in [0.1, 0.15) is 31.9 Å². The van der Waals surface area contributed by atoms with Crippen LogP contribution >= 0.6 is 23.4 Å². The number of anilines is 1. The number of rotatable bonds is 4. The molecule has 0 N–H and O–H groups in total. The number of benzene rings is 1. The standard InChI is InChI=1S/C23H25ClN4O2S/c1-15-13-29-22(27-15)17-4-3-5-18(21(17)24)31-20-12-25-19(11-26-20)28-8-6-23(7-9-28)10-16(2)30-14-23/h3-5,11-13,16H,6-10,14H2,1-2H3/t16-/m0/s1. The van der Waals surface area contributed by atoms with E-state index in [9.17, 15) is 0 Å². The lowest BCUT2D eigenvalue weighted by atomic mass is 9.77. The van der Waals surface area contributed by atoms with E-state index in [1.807, 2.05) is 37.5 Å². The zero-order valence-electron chi connectivity index (χ0n) is 17.7. The number of aryl methyl sites for hydroxylation is 1. The first-order valence-corrected chi connectivity index (χ1v) is 11.8. The quantitative estimate of drug-likeness (QED) is 0.503. The summed E-state index contributed by atoms with van der Waals surface area (Å²) in [6.07, 6.45) is 9.18. The Balaban J connectivity index is 1.26. The van der Waals surface area contributed by atoms with Crippen molar-refractivity contribution in [3.8, 4) is 11.5 Å². The van der Waals surface area contributed by atoms with Crippen molar-refractivity contribution in [2.24, 2.45) is 5.41 Å². The molecule has 162 valence electrons. The molecule has 0 saturated carbocycles. The van der Waals surface area contributed by atoms with E-state index in [2.05, 4.69) is 26.8 Å². The van der Waals surface area contributed by atoms with E-state index in [0.29, 0.717) is 22.4 Å². The van der Waals surface area contributed by atoms with Gasteiger partial charge in [-0.15, -0.1) is 0 Å². The largest absolute Gasteiger partial charge is 0.444 e. The molecule has 2 aliphatic rings. The molecule has 4 heterocycles. The molecule has 0 bridgehead atoms. The van der Waals surface area contributed by atoms with Crippen molar-refractivity contribution in [1.29, 1.82) is 0 Å². The highest BCUT2D eigenvalue weighted by molar-refractivity contribution is 7.99. The molecule has 6 nitrogen and oxygen atoms in total. The highest BCUT2D eigenvalue weighted by Crippen LogP contribution is 2.42. The van der Waals surface area contributed by atoms with Gasteiger partial charge >= 0.3 is 0 Å². The molecule has 0 unspecified atom stereocenters. The summed E-state index contributed by atoms with van der Waals surface area (Å²) in [5.74, 6) is 1.46. The first kappa shape index (κ1) is 20.8. The highest BCUT2D eigenvalue weighted by atomic mass is 35.5. The minimum Gasteiger partial charge on any atom is -0.444 e. The monoisotopic (exact) mass is 456 g/mol. The minimum atomic E-state index is 0.363. The molecule has 2 aliphatic heterocycles. The number of hydrogen-bond acceptors (Lipinski definition) is 7. The molecule has 1 atom stereocenters. The minimum absolute atomic E-state index is 0.363. The van der Waals surface area contributed by atoms with E-state index in [4.69, 9.17) is 20.8 Å². The van der Waals surface area contributed by atoms with Crippen LogP contribution in [0.5, 0.6) is 0 Å². The van der Waals surface area contributed by atoms with Gasteiger partial charge in [-0.25, -0.2) is 15.0 Å². The van der Waals surface area contributed by atoms with E-state index < -0.39 is 0 Å². The fourth-order valence-corrected chi connectivity index (χ4v) is 5.58. The Morgan fingerprint density at radius 3 is 2.68 bits per heavy atom. The number of hydrogen-bond donors (Lipinski definition) is 0. The maximum atomic E-state index is 6.64. The van der Waals surface area contributed by atoms with Crippen molar-refractivity contribution in [2.45, 2.75) is 49.1 Å². The van der Waals surface area contributed by atoms with Crippen molar-refractivity contribution < 1.29 is 9.15 Å². The van der Waals surface area contributed by atoms with E-state index in [-0.39, 0.29) is 0 Å². The summed E-state index contributed by atoms with van der Waals surface area (Å²) in [6, 6.07) is 5.82.